The summed E-state index contributed by atoms with van der Waals surface area (Å²) in [5.74, 6) is 0.223. The van der Waals surface area contributed by atoms with Crippen molar-refractivity contribution in [3.8, 4) is 17.2 Å². The Bertz CT molecular complexity index is 744. The molecule has 2 rings (SSSR count). The van der Waals surface area contributed by atoms with Gasteiger partial charge in [0.2, 0.25) is 0 Å². The highest BCUT2D eigenvalue weighted by Crippen LogP contribution is 2.51. The second kappa shape index (κ2) is 7.32. The Hall–Kier alpha value is -1.79. The highest BCUT2D eigenvalue weighted by atomic mass is 28.4. The topological polar surface area (TPSA) is 81.8 Å². The molecule has 1 aromatic rings. The van der Waals surface area contributed by atoms with Crippen LogP contribution in [-0.2, 0) is 10.3 Å². The highest BCUT2D eigenvalue weighted by Gasteiger charge is 2.49. The lowest BCUT2D eigenvalue weighted by atomic mass is 9.89. The number of esters is 1. The van der Waals surface area contributed by atoms with Crippen LogP contribution < -0.4 is 14.9 Å². The molecule has 0 saturated carbocycles. The first-order chi connectivity index (χ1) is 12.4. The Morgan fingerprint density at radius 1 is 1.19 bits per heavy atom. The Balaban J connectivity index is 2.72. The molecular formula is C21H33NO4Si. The molecule has 1 unspecified atom stereocenters. The number of allylic oxidation sites excluding steroid dienone is 1. The summed E-state index contributed by atoms with van der Waals surface area (Å²) in [6.07, 6.45) is 3.55. The Labute approximate surface area is 163 Å². The van der Waals surface area contributed by atoms with Crippen LogP contribution in [0.2, 0.25) is 16.6 Å². The first-order valence-electron chi connectivity index (χ1n) is 9.64. The minimum atomic E-state index is -2.29. The number of rotatable bonds is 6. The molecule has 150 valence electrons. The van der Waals surface area contributed by atoms with Crippen LogP contribution in [0.3, 0.4) is 0 Å². The van der Waals surface area contributed by atoms with Gasteiger partial charge in [-0.2, -0.15) is 0 Å². The highest BCUT2D eigenvalue weighted by molar-refractivity contribution is 6.78. The van der Waals surface area contributed by atoms with E-state index in [0.29, 0.717) is 39.2 Å². The predicted molar refractivity (Wildman–Crippen MR) is 112 cm³/mol. The average molecular weight is 392 g/mol. The lowest BCUT2D eigenvalue weighted by molar-refractivity contribution is -0.137. The molecule has 6 heteroatoms. The molecule has 1 aliphatic rings. The van der Waals surface area contributed by atoms with Crippen LogP contribution in [0.1, 0.15) is 66.5 Å². The van der Waals surface area contributed by atoms with Gasteiger partial charge < -0.3 is 20.0 Å². The van der Waals surface area contributed by atoms with E-state index >= 15 is 0 Å². The maximum absolute atomic E-state index is 12.3. The van der Waals surface area contributed by atoms with Gasteiger partial charge in [0.25, 0.3) is 8.32 Å². The fraction of sp³-hybridized carbons (Fsp3) is 0.571. The van der Waals surface area contributed by atoms with E-state index in [1.54, 1.807) is 25.1 Å². The zero-order chi connectivity index (χ0) is 20.7. The van der Waals surface area contributed by atoms with Crippen molar-refractivity contribution in [2.24, 2.45) is 5.73 Å². The van der Waals surface area contributed by atoms with Crippen LogP contribution in [0.4, 0.5) is 0 Å². The van der Waals surface area contributed by atoms with Crippen molar-refractivity contribution in [3.63, 3.8) is 0 Å². The van der Waals surface area contributed by atoms with E-state index in [9.17, 15) is 9.90 Å². The summed E-state index contributed by atoms with van der Waals surface area (Å²) in [5, 5.41) is 11.0. The van der Waals surface area contributed by atoms with E-state index in [4.69, 9.17) is 14.9 Å². The van der Waals surface area contributed by atoms with Crippen molar-refractivity contribution in [1.29, 1.82) is 0 Å². The maximum Gasteiger partial charge on any atom is 0.336 e. The maximum atomic E-state index is 12.3. The lowest BCUT2D eigenvalue weighted by Crippen LogP contribution is -2.50. The monoisotopic (exact) mass is 391 g/mol. The third-order valence-corrected chi connectivity index (χ3v) is 11.7. The molecule has 1 heterocycles. The number of nitrogens with two attached hydrogens (primary N) is 1. The summed E-state index contributed by atoms with van der Waals surface area (Å²) < 4.78 is 12.1. The Morgan fingerprint density at radius 3 is 2.15 bits per heavy atom. The summed E-state index contributed by atoms with van der Waals surface area (Å²) >= 11 is 0. The van der Waals surface area contributed by atoms with E-state index in [2.05, 4.69) is 41.5 Å². The molecule has 0 aromatic heterocycles. The molecule has 1 atom stereocenters. The summed E-state index contributed by atoms with van der Waals surface area (Å²) in [6.45, 7) is 16.5. The largest absolute Gasteiger partial charge is 0.540 e. The zero-order valence-electron chi connectivity index (χ0n) is 17.7. The SMILES string of the molecule is C/C=C/c1c(O)c(O[Si](C(C)C)(C(C)C)C(C)C)cc2c1C(C)(N)C(=O)O2. The minimum Gasteiger partial charge on any atom is -0.540 e. The van der Waals surface area contributed by atoms with Gasteiger partial charge in [-0.15, -0.1) is 0 Å². The van der Waals surface area contributed by atoms with Gasteiger partial charge in [0.05, 0.1) is 0 Å². The lowest BCUT2D eigenvalue weighted by Gasteiger charge is -2.42. The molecule has 3 N–H and O–H groups in total. The number of ether oxygens (including phenoxy) is 1. The van der Waals surface area contributed by atoms with Crippen LogP contribution in [0.25, 0.3) is 6.08 Å². The number of aromatic hydroxyl groups is 1. The van der Waals surface area contributed by atoms with Crippen LogP contribution in [0, 0.1) is 0 Å². The second-order valence-corrected chi connectivity index (χ2v) is 13.9. The number of carbonyl (C=O) groups excluding carboxylic acids is 1. The van der Waals surface area contributed by atoms with Gasteiger partial charge >= 0.3 is 5.97 Å². The van der Waals surface area contributed by atoms with Gasteiger partial charge in [0.15, 0.2) is 11.5 Å². The number of phenols is 1. The first-order valence-corrected chi connectivity index (χ1v) is 11.8. The number of fused-ring (bicyclic) bond motifs is 1. The van der Waals surface area contributed by atoms with Gasteiger partial charge in [-0.1, -0.05) is 53.7 Å². The first kappa shape index (κ1) is 21.5. The minimum absolute atomic E-state index is 0.0145. The predicted octanol–water partition coefficient (Wildman–Crippen LogP) is 5.07. The van der Waals surface area contributed by atoms with Gasteiger partial charge in [0.1, 0.15) is 11.3 Å². The molecule has 27 heavy (non-hydrogen) atoms. The standard InChI is InChI=1S/C21H33NO4Si/c1-9-10-15-18-16(25-20(24)21(18,8)22)11-17(19(15)23)26-27(12(2)3,13(4)5)14(6)7/h9-14,23H,22H2,1-8H3/b10-9+. The molecule has 0 amide bonds. The Kier molecular flexibility index (Phi) is 5.83. The van der Waals surface area contributed by atoms with E-state index < -0.39 is 19.8 Å². The average Bonchev–Trinajstić information content (AvgIpc) is 2.76. The van der Waals surface area contributed by atoms with Crippen molar-refractivity contribution in [2.75, 3.05) is 0 Å². The van der Waals surface area contributed by atoms with E-state index in [-0.39, 0.29) is 5.75 Å². The molecule has 0 aliphatic carbocycles. The van der Waals surface area contributed by atoms with Crippen molar-refractivity contribution in [3.05, 3.63) is 23.3 Å². The van der Waals surface area contributed by atoms with Crippen molar-refractivity contribution in [2.45, 2.75) is 77.6 Å². The van der Waals surface area contributed by atoms with Gasteiger partial charge in [-0.25, -0.2) is 4.79 Å². The number of hydrogen-bond acceptors (Lipinski definition) is 5. The smallest absolute Gasteiger partial charge is 0.336 e. The molecule has 0 bridgehead atoms. The molecule has 0 saturated heterocycles. The second-order valence-electron chi connectivity index (χ2n) is 8.52. The Morgan fingerprint density at radius 2 is 1.70 bits per heavy atom. The fourth-order valence-electron chi connectivity index (χ4n) is 4.52. The molecule has 1 aromatic carbocycles. The molecule has 1 aliphatic heterocycles. The number of carbonyl (C=O) groups is 1. The quantitative estimate of drug-likeness (QED) is 0.402. The molecule has 0 spiro atoms. The van der Waals surface area contributed by atoms with E-state index in [1.807, 2.05) is 6.92 Å². The molecule has 0 fully saturated rings. The molecule has 0 radical (unpaired) electrons. The van der Waals surface area contributed by atoms with Gasteiger partial charge in [-0.05, 0) is 30.5 Å². The van der Waals surface area contributed by atoms with Gasteiger partial charge in [-0.3, -0.25) is 0 Å². The fourth-order valence-corrected chi connectivity index (χ4v) is 9.76. The van der Waals surface area contributed by atoms with Gasteiger partial charge in [0, 0.05) is 17.2 Å². The summed E-state index contributed by atoms with van der Waals surface area (Å²) in [5.41, 5.74) is 6.92. The molecule has 5 nitrogen and oxygen atoms in total. The van der Waals surface area contributed by atoms with Crippen LogP contribution in [0.5, 0.6) is 17.2 Å². The van der Waals surface area contributed by atoms with Crippen LogP contribution in [0.15, 0.2) is 12.1 Å². The normalized spacial score (nSPS) is 20.1. The number of phenolic OH excluding ortho intramolecular Hbond substituents is 1. The van der Waals surface area contributed by atoms with E-state index in [0.717, 1.165) is 0 Å². The van der Waals surface area contributed by atoms with Crippen molar-refractivity contribution in [1.82, 2.24) is 0 Å². The van der Waals surface area contributed by atoms with Crippen molar-refractivity contribution >= 4 is 20.4 Å². The summed E-state index contributed by atoms with van der Waals surface area (Å²) in [7, 11) is -2.29. The summed E-state index contributed by atoms with van der Waals surface area (Å²) in [6, 6.07) is 1.63. The third-order valence-electron chi connectivity index (χ3n) is 5.74. The van der Waals surface area contributed by atoms with Crippen molar-refractivity contribution < 1.29 is 19.1 Å². The van der Waals surface area contributed by atoms with E-state index in [1.165, 1.54) is 0 Å². The van der Waals surface area contributed by atoms with Crippen LogP contribution in [-0.4, -0.2) is 19.4 Å². The summed E-state index contributed by atoms with van der Waals surface area (Å²) in [4.78, 5) is 12.3. The zero-order valence-corrected chi connectivity index (χ0v) is 18.7. The number of benzene rings is 1. The van der Waals surface area contributed by atoms with Crippen LogP contribution >= 0.6 is 0 Å². The third kappa shape index (κ3) is 3.29. The molecular weight excluding hydrogens is 358 g/mol. The number of hydrogen-bond donors (Lipinski definition) is 2.